The number of hydrogen-bond donors (Lipinski definition) is 1. The summed E-state index contributed by atoms with van der Waals surface area (Å²) in [5, 5.41) is 7.60. The summed E-state index contributed by atoms with van der Waals surface area (Å²) in [5.41, 5.74) is 6.15. The number of aromatic nitrogens is 3. The number of rotatable bonds is 2. The van der Waals surface area contributed by atoms with E-state index in [0.717, 1.165) is 18.7 Å². The highest BCUT2D eigenvalue weighted by atomic mass is 15.4. The number of hydrogen-bond acceptors (Lipinski definition) is 3. The van der Waals surface area contributed by atoms with E-state index in [1.165, 1.54) is 0 Å². The Morgan fingerprint density at radius 2 is 2.50 bits per heavy atom. The van der Waals surface area contributed by atoms with Gasteiger partial charge in [-0.2, -0.15) is 0 Å². The lowest BCUT2D eigenvalue weighted by Crippen LogP contribution is -2.00. The highest BCUT2D eigenvalue weighted by Gasteiger charge is 1.95. The van der Waals surface area contributed by atoms with Crippen molar-refractivity contribution in [3.8, 4) is 11.8 Å². The maximum Gasteiger partial charge on any atom is 0.131 e. The number of nitrogens with zero attached hydrogens (tertiary/aromatic N) is 3. The fourth-order valence-electron chi connectivity index (χ4n) is 0.813. The fraction of sp³-hybridized carbons (Fsp3) is 0.500. The van der Waals surface area contributed by atoms with E-state index < -0.39 is 0 Å². The van der Waals surface area contributed by atoms with Crippen LogP contribution >= 0.6 is 0 Å². The van der Waals surface area contributed by atoms with Crippen molar-refractivity contribution >= 4 is 0 Å². The lowest BCUT2D eigenvalue weighted by atomic mass is 10.4. The van der Waals surface area contributed by atoms with Crippen LogP contribution in [0.15, 0.2) is 6.20 Å². The molecule has 0 aliphatic rings. The first-order chi connectivity index (χ1) is 5.88. The summed E-state index contributed by atoms with van der Waals surface area (Å²) >= 11 is 0. The standard InChI is InChI=1S/C8H12N4/c1-2-12-8(7-10-11-12)5-3-4-6-9/h7H,2,4,6,9H2,1H3. The van der Waals surface area contributed by atoms with Crippen molar-refractivity contribution in [1.29, 1.82) is 0 Å². The van der Waals surface area contributed by atoms with Crippen LogP contribution in [0.3, 0.4) is 0 Å². The van der Waals surface area contributed by atoms with E-state index in [1.807, 2.05) is 6.92 Å². The van der Waals surface area contributed by atoms with Crippen LogP contribution in [0.4, 0.5) is 0 Å². The zero-order valence-corrected chi connectivity index (χ0v) is 7.12. The molecule has 12 heavy (non-hydrogen) atoms. The molecule has 0 atom stereocenters. The fourth-order valence-corrected chi connectivity index (χ4v) is 0.813. The van der Waals surface area contributed by atoms with Gasteiger partial charge >= 0.3 is 0 Å². The van der Waals surface area contributed by atoms with Gasteiger partial charge < -0.3 is 5.73 Å². The van der Waals surface area contributed by atoms with Crippen molar-refractivity contribution in [1.82, 2.24) is 15.0 Å². The van der Waals surface area contributed by atoms with Gasteiger partial charge in [-0.1, -0.05) is 11.1 Å². The molecule has 1 heterocycles. The van der Waals surface area contributed by atoms with Crippen molar-refractivity contribution in [2.24, 2.45) is 5.73 Å². The van der Waals surface area contributed by atoms with E-state index >= 15 is 0 Å². The number of aryl methyl sites for hydroxylation is 1. The second kappa shape index (κ2) is 4.52. The molecular formula is C8H12N4. The minimum atomic E-state index is 0.598. The maximum absolute atomic E-state index is 5.30. The zero-order valence-electron chi connectivity index (χ0n) is 7.12. The van der Waals surface area contributed by atoms with E-state index in [4.69, 9.17) is 5.73 Å². The van der Waals surface area contributed by atoms with E-state index in [-0.39, 0.29) is 0 Å². The third-order valence-corrected chi connectivity index (χ3v) is 1.40. The quantitative estimate of drug-likeness (QED) is 0.626. The summed E-state index contributed by atoms with van der Waals surface area (Å²) in [5.74, 6) is 5.89. The van der Waals surface area contributed by atoms with Gasteiger partial charge in [0.2, 0.25) is 0 Å². The summed E-state index contributed by atoms with van der Waals surface area (Å²) in [6.45, 7) is 3.40. The maximum atomic E-state index is 5.30. The molecular weight excluding hydrogens is 152 g/mol. The molecule has 0 radical (unpaired) electrons. The van der Waals surface area contributed by atoms with Crippen LogP contribution in [-0.4, -0.2) is 21.5 Å². The molecule has 0 aliphatic carbocycles. The van der Waals surface area contributed by atoms with Gasteiger partial charge in [0.1, 0.15) is 5.69 Å². The van der Waals surface area contributed by atoms with Crippen molar-refractivity contribution in [3.63, 3.8) is 0 Å². The molecule has 0 fully saturated rings. The second-order valence-electron chi connectivity index (χ2n) is 2.28. The van der Waals surface area contributed by atoms with Crippen molar-refractivity contribution in [2.75, 3.05) is 6.54 Å². The topological polar surface area (TPSA) is 56.7 Å². The zero-order chi connectivity index (χ0) is 8.81. The van der Waals surface area contributed by atoms with Gasteiger partial charge in [0, 0.05) is 19.5 Å². The molecule has 2 N–H and O–H groups in total. The van der Waals surface area contributed by atoms with Crippen LogP contribution in [0, 0.1) is 11.8 Å². The molecule has 1 aromatic heterocycles. The van der Waals surface area contributed by atoms with Crippen molar-refractivity contribution in [2.45, 2.75) is 19.9 Å². The minimum absolute atomic E-state index is 0.598. The number of nitrogens with two attached hydrogens (primary N) is 1. The van der Waals surface area contributed by atoms with Gasteiger partial charge in [-0.25, -0.2) is 4.68 Å². The normalized spacial score (nSPS) is 9.17. The van der Waals surface area contributed by atoms with Crippen LogP contribution in [-0.2, 0) is 6.54 Å². The summed E-state index contributed by atoms with van der Waals surface area (Å²) in [6.07, 6.45) is 2.38. The van der Waals surface area contributed by atoms with Gasteiger partial charge in [-0.15, -0.1) is 5.10 Å². The van der Waals surface area contributed by atoms with Gasteiger partial charge in [-0.05, 0) is 12.8 Å². The van der Waals surface area contributed by atoms with Crippen LogP contribution in [0.5, 0.6) is 0 Å². The SMILES string of the molecule is CCn1nncc1C#CCCN. The molecule has 4 heteroatoms. The molecule has 0 bridgehead atoms. The van der Waals surface area contributed by atoms with Gasteiger partial charge in [0.05, 0.1) is 6.20 Å². The molecule has 0 spiro atoms. The Morgan fingerprint density at radius 3 is 3.17 bits per heavy atom. The Labute approximate surface area is 71.8 Å². The molecule has 0 saturated heterocycles. The molecule has 64 valence electrons. The highest BCUT2D eigenvalue weighted by Crippen LogP contribution is 1.92. The first-order valence-corrected chi connectivity index (χ1v) is 3.96. The van der Waals surface area contributed by atoms with Crippen LogP contribution in [0.2, 0.25) is 0 Å². The Hall–Kier alpha value is -1.34. The first-order valence-electron chi connectivity index (χ1n) is 3.96. The second-order valence-corrected chi connectivity index (χ2v) is 2.28. The van der Waals surface area contributed by atoms with E-state index in [1.54, 1.807) is 10.9 Å². The van der Waals surface area contributed by atoms with Crippen LogP contribution < -0.4 is 5.73 Å². The average molecular weight is 164 g/mol. The minimum Gasteiger partial charge on any atom is -0.330 e. The first kappa shape index (κ1) is 8.75. The largest absolute Gasteiger partial charge is 0.330 e. The summed E-state index contributed by atoms with van der Waals surface area (Å²) in [7, 11) is 0. The van der Waals surface area contributed by atoms with Gasteiger partial charge in [0.25, 0.3) is 0 Å². The lowest BCUT2D eigenvalue weighted by molar-refractivity contribution is 0.621. The predicted molar refractivity (Wildman–Crippen MR) is 46.2 cm³/mol. The summed E-state index contributed by atoms with van der Waals surface area (Å²) in [4.78, 5) is 0. The molecule has 1 rings (SSSR count). The summed E-state index contributed by atoms with van der Waals surface area (Å²) < 4.78 is 1.75. The third kappa shape index (κ3) is 2.07. The molecule has 0 saturated carbocycles. The molecule has 0 aromatic carbocycles. The lowest BCUT2D eigenvalue weighted by Gasteiger charge is -1.92. The van der Waals surface area contributed by atoms with Crippen molar-refractivity contribution in [3.05, 3.63) is 11.9 Å². The monoisotopic (exact) mass is 164 g/mol. The van der Waals surface area contributed by atoms with Crippen LogP contribution in [0.25, 0.3) is 0 Å². The Bertz CT molecular complexity index is 291. The van der Waals surface area contributed by atoms with Crippen LogP contribution in [0.1, 0.15) is 19.0 Å². The predicted octanol–water partition coefficient (Wildman–Crippen LogP) is -0.00170. The van der Waals surface area contributed by atoms with E-state index in [0.29, 0.717) is 6.54 Å². The smallest absolute Gasteiger partial charge is 0.131 e. The Balaban J connectivity index is 2.69. The molecule has 4 nitrogen and oxygen atoms in total. The average Bonchev–Trinajstić information content (AvgIpc) is 2.52. The van der Waals surface area contributed by atoms with E-state index in [9.17, 15) is 0 Å². The molecule has 0 amide bonds. The van der Waals surface area contributed by atoms with Crippen molar-refractivity contribution < 1.29 is 0 Å². The van der Waals surface area contributed by atoms with Gasteiger partial charge in [-0.3, -0.25) is 0 Å². The summed E-state index contributed by atoms with van der Waals surface area (Å²) in [6, 6.07) is 0. The molecule has 1 aromatic rings. The molecule has 0 unspecified atom stereocenters. The van der Waals surface area contributed by atoms with Gasteiger partial charge in [0.15, 0.2) is 0 Å². The third-order valence-electron chi connectivity index (χ3n) is 1.40. The molecule has 0 aliphatic heterocycles. The Kier molecular flexibility index (Phi) is 3.30. The van der Waals surface area contributed by atoms with E-state index in [2.05, 4.69) is 22.2 Å². The highest BCUT2D eigenvalue weighted by molar-refractivity contribution is 5.24. The Morgan fingerprint density at radius 1 is 1.67 bits per heavy atom.